The number of fused-ring (bicyclic) bond motifs is 1. The average molecular weight is 256 g/mol. The SMILES string of the molecule is CCCn1cc(-n2nc3c(N)ccnc3c2C)cn1. The van der Waals surface area contributed by atoms with Crippen molar-refractivity contribution in [2.75, 3.05) is 5.73 Å². The Labute approximate surface area is 110 Å². The standard InChI is InChI=1S/C13H16N6/c1-3-6-18-8-10(7-16-18)19-9(2)12-13(17-19)11(14)4-5-15-12/h4-5,7-8H,3,6,14H2,1-2H3. The largest absolute Gasteiger partial charge is 0.397 e. The van der Waals surface area contributed by atoms with E-state index in [4.69, 9.17) is 5.73 Å². The van der Waals surface area contributed by atoms with E-state index < -0.39 is 0 Å². The molecule has 6 nitrogen and oxygen atoms in total. The average Bonchev–Trinajstić information content (AvgIpc) is 2.97. The minimum Gasteiger partial charge on any atom is -0.397 e. The number of aromatic nitrogens is 5. The molecule has 3 aromatic rings. The van der Waals surface area contributed by atoms with Gasteiger partial charge in [-0.25, -0.2) is 4.68 Å². The van der Waals surface area contributed by atoms with E-state index in [1.807, 2.05) is 28.7 Å². The van der Waals surface area contributed by atoms with Crippen LogP contribution in [0.3, 0.4) is 0 Å². The summed E-state index contributed by atoms with van der Waals surface area (Å²) in [5.41, 5.74) is 10.1. The van der Waals surface area contributed by atoms with Crippen LogP contribution in [0, 0.1) is 6.92 Å². The third-order valence-electron chi connectivity index (χ3n) is 3.13. The summed E-state index contributed by atoms with van der Waals surface area (Å²) < 4.78 is 3.76. The quantitative estimate of drug-likeness (QED) is 0.776. The van der Waals surface area contributed by atoms with Gasteiger partial charge in [-0.05, 0) is 19.4 Å². The second-order valence-corrected chi connectivity index (χ2v) is 4.56. The lowest BCUT2D eigenvalue weighted by Gasteiger charge is -1.99. The molecule has 0 bridgehead atoms. The third kappa shape index (κ3) is 1.85. The molecule has 0 fully saturated rings. The monoisotopic (exact) mass is 256 g/mol. The second kappa shape index (κ2) is 4.38. The summed E-state index contributed by atoms with van der Waals surface area (Å²) in [6.45, 7) is 5.01. The Balaban J connectivity index is 2.14. The fourth-order valence-corrected chi connectivity index (χ4v) is 2.18. The summed E-state index contributed by atoms with van der Waals surface area (Å²) in [5, 5.41) is 8.85. The van der Waals surface area contributed by atoms with Crippen molar-refractivity contribution in [3.63, 3.8) is 0 Å². The van der Waals surface area contributed by atoms with Crippen LogP contribution in [0.1, 0.15) is 19.0 Å². The fraction of sp³-hybridized carbons (Fsp3) is 0.308. The van der Waals surface area contributed by atoms with Gasteiger partial charge in [0.05, 0.1) is 23.8 Å². The summed E-state index contributed by atoms with van der Waals surface area (Å²) in [7, 11) is 0. The molecule has 0 aliphatic carbocycles. The van der Waals surface area contributed by atoms with E-state index in [1.165, 1.54) is 0 Å². The van der Waals surface area contributed by atoms with Crippen LogP contribution in [-0.2, 0) is 6.54 Å². The number of rotatable bonds is 3. The summed E-state index contributed by atoms with van der Waals surface area (Å²) in [6, 6.07) is 1.76. The van der Waals surface area contributed by atoms with Crippen molar-refractivity contribution in [1.82, 2.24) is 24.5 Å². The number of nitrogen functional groups attached to an aromatic ring is 1. The van der Waals surface area contributed by atoms with Crippen molar-refractivity contribution >= 4 is 16.7 Å². The Hall–Kier alpha value is -2.37. The minimum atomic E-state index is 0.646. The molecule has 98 valence electrons. The van der Waals surface area contributed by atoms with Gasteiger partial charge in [-0.2, -0.15) is 10.2 Å². The predicted molar refractivity (Wildman–Crippen MR) is 74.1 cm³/mol. The molecule has 19 heavy (non-hydrogen) atoms. The number of pyridine rings is 1. The van der Waals surface area contributed by atoms with Gasteiger partial charge in [0.1, 0.15) is 16.7 Å². The molecule has 3 rings (SSSR count). The van der Waals surface area contributed by atoms with Crippen molar-refractivity contribution in [3.8, 4) is 5.69 Å². The molecule has 0 radical (unpaired) electrons. The summed E-state index contributed by atoms with van der Waals surface area (Å²) >= 11 is 0. The van der Waals surface area contributed by atoms with Crippen molar-refractivity contribution in [1.29, 1.82) is 0 Å². The molecule has 3 heterocycles. The lowest BCUT2D eigenvalue weighted by atomic mass is 10.3. The molecule has 0 amide bonds. The number of hydrogen-bond donors (Lipinski definition) is 1. The molecule has 0 aromatic carbocycles. The van der Waals surface area contributed by atoms with Crippen LogP contribution in [0.4, 0.5) is 5.69 Å². The smallest absolute Gasteiger partial charge is 0.134 e. The molecule has 0 spiro atoms. The summed E-state index contributed by atoms with van der Waals surface area (Å²) in [4.78, 5) is 4.34. The van der Waals surface area contributed by atoms with E-state index in [9.17, 15) is 0 Å². The molecule has 0 saturated heterocycles. The molecular formula is C13H16N6. The maximum absolute atomic E-state index is 5.93. The van der Waals surface area contributed by atoms with Gasteiger partial charge in [-0.15, -0.1) is 0 Å². The first kappa shape index (κ1) is 11.7. The molecular weight excluding hydrogens is 240 g/mol. The van der Waals surface area contributed by atoms with E-state index in [-0.39, 0.29) is 0 Å². The first-order valence-corrected chi connectivity index (χ1v) is 6.33. The molecule has 0 unspecified atom stereocenters. The fourth-order valence-electron chi connectivity index (χ4n) is 2.18. The maximum atomic E-state index is 5.93. The van der Waals surface area contributed by atoms with E-state index >= 15 is 0 Å². The molecule has 6 heteroatoms. The number of hydrogen-bond acceptors (Lipinski definition) is 4. The van der Waals surface area contributed by atoms with Crippen LogP contribution in [0.2, 0.25) is 0 Å². The van der Waals surface area contributed by atoms with E-state index in [0.717, 1.165) is 35.4 Å². The van der Waals surface area contributed by atoms with E-state index in [2.05, 4.69) is 22.1 Å². The van der Waals surface area contributed by atoms with Gasteiger partial charge in [0, 0.05) is 12.7 Å². The van der Waals surface area contributed by atoms with Gasteiger partial charge in [0.25, 0.3) is 0 Å². The summed E-state index contributed by atoms with van der Waals surface area (Å²) in [6.07, 6.45) is 6.55. The third-order valence-corrected chi connectivity index (χ3v) is 3.13. The molecule has 0 aliphatic rings. The number of nitrogens with two attached hydrogens (primary N) is 1. The normalized spacial score (nSPS) is 11.3. The van der Waals surface area contributed by atoms with Crippen LogP contribution in [0.25, 0.3) is 16.7 Å². The Morgan fingerprint density at radius 2 is 2.16 bits per heavy atom. The van der Waals surface area contributed by atoms with Gasteiger partial charge in [-0.1, -0.05) is 6.92 Å². The molecule has 0 aliphatic heterocycles. The maximum Gasteiger partial charge on any atom is 0.134 e. The Morgan fingerprint density at radius 3 is 2.89 bits per heavy atom. The van der Waals surface area contributed by atoms with E-state index in [1.54, 1.807) is 12.3 Å². The predicted octanol–water partition coefficient (Wildman–Crippen LogP) is 1.92. The summed E-state index contributed by atoms with van der Waals surface area (Å²) in [5.74, 6) is 0. The minimum absolute atomic E-state index is 0.646. The highest BCUT2D eigenvalue weighted by Crippen LogP contribution is 2.22. The second-order valence-electron chi connectivity index (χ2n) is 4.56. The lowest BCUT2D eigenvalue weighted by Crippen LogP contribution is -1.98. The van der Waals surface area contributed by atoms with Crippen LogP contribution in [0.15, 0.2) is 24.7 Å². The van der Waals surface area contributed by atoms with Gasteiger partial charge < -0.3 is 5.73 Å². The van der Waals surface area contributed by atoms with Crippen molar-refractivity contribution in [3.05, 3.63) is 30.4 Å². The zero-order chi connectivity index (χ0) is 13.4. The van der Waals surface area contributed by atoms with Crippen LogP contribution < -0.4 is 5.73 Å². The van der Waals surface area contributed by atoms with Gasteiger partial charge in [0.2, 0.25) is 0 Å². The van der Waals surface area contributed by atoms with Crippen LogP contribution in [-0.4, -0.2) is 24.5 Å². The van der Waals surface area contributed by atoms with E-state index in [0.29, 0.717) is 5.69 Å². The van der Waals surface area contributed by atoms with Crippen LogP contribution in [0.5, 0.6) is 0 Å². The molecule has 2 N–H and O–H groups in total. The number of aryl methyl sites for hydroxylation is 2. The Kier molecular flexibility index (Phi) is 2.70. The Morgan fingerprint density at radius 1 is 1.32 bits per heavy atom. The first-order valence-electron chi connectivity index (χ1n) is 6.33. The number of anilines is 1. The van der Waals surface area contributed by atoms with Gasteiger partial charge in [-0.3, -0.25) is 9.67 Å². The molecule has 0 atom stereocenters. The highest BCUT2D eigenvalue weighted by Gasteiger charge is 2.13. The van der Waals surface area contributed by atoms with Gasteiger partial charge >= 0.3 is 0 Å². The molecule has 0 saturated carbocycles. The molecule has 3 aromatic heterocycles. The highest BCUT2D eigenvalue weighted by molar-refractivity contribution is 5.88. The van der Waals surface area contributed by atoms with Gasteiger partial charge in [0.15, 0.2) is 0 Å². The highest BCUT2D eigenvalue weighted by atomic mass is 15.3. The van der Waals surface area contributed by atoms with Crippen LogP contribution >= 0.6 is 0 Å². The lowest BCUT2D eigenvalue weighted by molar-refractivity contribution is 0.602. The van der Waals surface area contributed by atoms with Crippen molar-refractivity contribution in [2.45, 2.75) is 26.8 Å². The topological polar surface area (TPSA) is 74.5 Å². The zero-order valence-corrected chi connectivity index (χ0v) is 11.0. The Bertz CT molecular complexity index is 724. The van der Waals surface area contributed by atoms with Crippen molar-refractivity contribution < 1.29 is 0 Å². The first-order chi connectivity index (χ1) is 9.20. The number of nitrogens with zero attached hydrogens (tertiary/aromatic N) is 5. The zero-order valence-electron chi connectivity index (χ0n) is 11.0. The van der Waals surface area contributed by atoms with Crippen molar-refractivity contribution in [2.24, 2.45) is 0 Å².